The standard InChI is InChI=1S/C33H36N2O2P2/c1-33(2,3)39-30-26(20-14-22-28(30)37-5)35(24-17-11-8-12-18-24)32(39)31-34(23-15-9-7-10-16-23)25-19-13-21-27(36-4)29(25)38(31)6/h7-22,31-32H,1-6H3/t31?,32?,38-,39-/m0/s1. The van der Waals surface area contributed by atoms with Gasteiger partial charge in [-0.1, -0.05) is 69.3 Å². The highest BCUT2D eigenvalue weighted by Gasteiger charge is 2.55. The molecule has 6 rings (SSSR count). The van der Waals surface area contributed by atoms with Gasteiger partial charge in [0.1, 0.15) is 11.5 Å². The Morgan fingerprint density at radius 3 is 1.54 bits per heavy atom. The first-order valence-electron chi connectivity index (χ1n) is 13.4. The third kappa shape index (κ3) is 4.21. The summed E-state index contributed by atoms with van der Waals surface area (Å²) in [6.07, 6.45) is 0. The van der Waals surface area contributed by atoms with Gasteiger partial charge in [-0.25, -0.2) is 0 Å². The molecule has 2 unspecified atom stereocenters. The van der Waals surface area contributed by atoms with Crippen LogP contribution in [0.25, 0.3) is 0 Å². The highest BCUT2D eigenvalue weighted by atomic mass is 31.1. The molecular weight excluding hydrogens is 518 g/mol. The lowest BCUT2D eigenvalue weighted by Gasteiger charge is -2.45. The van der Waals surface area contributed by atoms with Gasteiger partial charge >= 0.3 is 0 Å². The van der Waals surface area contributed by atoms with E-state index in [2.05, 4.69) is 134 Å². The molecule has 0 radical (unpaired) electrons. The van der Waals surface area contributed by atoms with Crippen molar-refractivity contribution < 1.29 is 9.47 Å². The van der Waals surface area contributed by atoms with E-state index in [0.717, 1.165) is 11.5 Å². The molecule has 4 atom stereocenters. The van der Waals surface area contributed by atoms with Crippen molar-refractivity contribution in [2.75, 3.05) is 30.7 Å². The number of benzene rings is 4. The summed E-state index contributed by atoms with van der Waals surface area (Å²) in [6.45, 7) is 9.67. The molecule has 2 heterocycles. The summed E-state index contributed by atoms with van der Waals surface area (Å²) < 4.78 is 12.1. The number of hydrogen-bond donors (Lipinski definition) is 0. The molecule has 200 valence electrons. The minimum absolute atomic E-state index is 0.0459. The lowest BCUT2D eigenvalue weighted by Crippen LogP contribution is -2.45. The van der Waals surface area contributed by atoms with E-state index in [1.165, 1.54) is 33.4 Å². The minimum atomic E-state index is -0.691. The van der Waals surface area contributed by atoms with Crippen LogP contribution in [0.3, 0.4) is 0 Å². The zero-order chi connectivity index (χ0) is 27.3. The third-order valence-corrected chi connectivity index (χ3v) is 13.9. The molecular formula is C33H36N2O2P2. The summed E-state index contributed by atoms with van der Waals surface area (Å²) in [5, 5.41) is 2.77. The maximum absolute atomic E-state index is 6.08. The second kappa shape index (κ2) is 10.2. The van der Waals surface area contributed by atoms with Gasteiger partial charge in [0.2, 0.25) is 0 Å². The Labute approximate surface area is 235 Å². The van der Waals surface area contributed by atoms with Gasteiger partial charge in [0, 0.05) is 22.0 Å². The monoisotopic (exact) mass is 554 g/mol. The molecule has 0 saturated heterocycles. The number of para-hydroxylation sites is 2. The van der Waals surface area contributed by atoms with E-state index in [-0.39, 0.29) is 16.7 Å². The molecule has 4 aromatic carbocycles. The van der Waals surface area contributed by atoms with Crippen LogP contribution in [-0.4, -0.2) is 37.6 Å². The van der Waals surface area contributed by atoms with Crippen LogP contribution in [0.15, 0.2) is 97.1 Å². The molecule has 6 heteroatoms. The average Bonchev–Trinajstić information content (AvgIpc) is 3.46. The first-order valence-corrected chi connectivity index (χ1v) is 16.7. The molecule has 0 aromatic heterocycles. The summed E-state index contributed by atoms with van der Waals surface area (Å²) in [5.41, 5.74) is 4.99. The molecule has 39 heavy (non-hydrogen) atoms. The van der Waals surface area contributed by atoms with Crippen LogP contribution < -0.4 is 29.9 Å². The van der Waals surface area contributed by atoms with Crippen molar-refractivity contribution in [3.05, 3.63) is 97.1 Å². The van der Waals surface area contributed by atoms with Crippen LogP contribution in [0.5, 0.6) is 11.5 Å². The Hall–Kier alpha value is -3.06. The van der Waals surface area contributed by atoms with Crippen molar-refractivity contribution in [2.24, 2.45) is 0 Å². The van der Waals surface area contributed by atoms with Crippen molar-refractivity contribution in [1.82, 2.24) is 0 Å². The summed E-state index contributed by atoms with van der Waals surface area (Å²) in [6, 6.07) is 34.9. The summed E-state index contributed by atoms with van der Waals surface area (Å²) in [7, 11) is 2.30. The second-order valence-electron chi connectivity index (χ2n) is 11.0. The largest absolute Gasteiger partial charge is 0.496 e. The van der Waals surface area contributed by atoms with Crippen LogP contribution in [0.2, 0.25) is 0 Å². The highest BCUT2D eigenvalue weighted by Crippen LogP contribution is 2.69. The topological polar surface area (TPSA) is 24.9 Å². The lowest BCUT2D eigenvalue weighted by molar-refractivity contribution is 0.418. The fourth-order valence-corrected chi connectivity index (χ4v) is 13.2. The quantitative estimate of drug-likeness (QED) is 0.233. The van der Waals surface area contributed by atoms with Gasteiger partial charge in [0.15, 0.2) is 0 Å². The first kappa shape index (κ1) is 26.2. The molecule has 0 N–H and O–H groups in total. The molecule has 0 amide bonds. The van der Waals surface area contributed by atoms with E-state index in [9.17, 15) is 0 Å². The second-order valence-corrected chi connectivity index (χ2v) is 16.3. The minimum Gasteiger partial charge on any atom is -0.496 e. The van der Waals surface area contributed by atoms with Crippen LogP contribution in [-0.2, 0) is 0 Å². The van der Waals surface area contributed by atoms with Crippen molar-refractivity contribution in [1.29, 1.82) is 0 Å². The number of nitrogens with zero attached hydrogens (tertiary/aromatic N) is 2. The first-order chi connectivity index (χ1) is 18.9. The lowest BCUT2D eigenvalue weighted by atomic mass is 10.2. The van der Waals surface area contributed by atoms with Crippen molar-refractivity contribution in [2.45, 2.75) is 37.5 Å². The molecule has 0 spiro atoms. The van der Waals surface area contributed by atoms with Crippen LogP contribution in [0.4, 0.5) is 22.7 Å². The van der Waals surface area contributed by atoms with Crippen molar-refractivity contribution in [3.8, 4) is 11.5 Å². The summed E-state index contributed by atoms with van der Waals surface area (Å²) >= 11 is 0. The Morgan fingerprint density at radius 1 is 0.590 bits per heavy atom. The summed E-state index contributed by atoms with van der Waals surface area (Å²) in [5.74, 6) is 2.44. The zero-order valence-corrected chi connectivity index (χ0v) is 25.3. The van der Waals surface area contributed by atoms with Crippen molar-refractivity contribution >= 4 is 49.2 Å². The number of hydrogen-bond acceptors (Lipinski definition) is 4. The number of anilines is 4. The molecule has 4 nitrogen and oxygen atoms in total. The van der Waals surface area contributed by atoms with Gasteiger partial charge in [-0.2, -0.15) is 0 Å². The smallest absolute Gasteiger partial charge is 0.128 e. The molecule has 0 saturated carbocycles. The van der Waals surface area contributed by atoms with Crippen molar-refractivity contribution in [3.63, 3.8) is 0 Å². The fourth-order valence-electron chi connectivity index (χ4n) is 6.27. The van der Waals surface area contributed by atoms with Gasteiger partial charge < -0.3 is 19.3 Å². The van der Waals surface area contributed by atoms with E-state index in [4.69, 9.17) is 9.47 Å². The maximum Gasteiger partial charge on any atom is 0.128 e. The molecule has 0 bridgehead atoms. The zero-order valence-electron chi connectivity index (χ0n) is 23.5. The summed E-state index contributed by atoms with van der Waals surface area (Å²) in [4.78, 5) is 5.25. The molecule has 2 aliphatic heterocycles. The fraction of sp³-hybridized carbons (Fsp3) is 0.273. The predicted molar refractivity (Wildman–Crippen MR) is 170 cm³/mol. The number of methoxy groups -OCH3 is 2. The third-order valence-electron chi connectivity index (χ3n) is 7.76. The Balaban J connectivity index is 1.65. The van der Waals surface area contributed by atoms with E-state index in [1.54, 1.807) is 7.11 Å². The van der Waals surface area contributed by atoms with Crippen LogP contribution in [0, 0.1) is 0 Å². The molecule has 4 aromatic rings. The molecule has 2 aliphatic rings. The molecule has 0 fully saturated rings. The van der Waals surface area contributed by atoms with E-state index in [0.29, 0.717) is 0 Å². The van der Waals surface area contributed by atoms with Gasteiger partial charge in [-0.05, 0) is 76.2 Å². The Bertz CT molecular complexity index is 1470. The van der Waals surface area contributed by atoms with E-state index < -0.39 is 15.8 Å². The Morgan fingerprint density at radius 2 is 1.05 bits per heavy atom. The van der Waals surface area contributed by atoms with Gasteiger partial charge in [-0.3, -0.25) is 0 Å². The van der Waals surface area contributed by atoms with Crippen LogP contribution >= 0.6 is 15.8 Å². The highest BCUT2D eigenvalue weighted by molar-refractivity contribution is 7.72. The van der Waals surface area contributed by atoms with Gasteiger partial charge in [0.25, 0.3) is 0 Å². The van der Waals surface area contributed by atoms with Crippen LogP contribution in [0.1, 0.15) is 20.8 Å². The normalized spacial score (nSPS) is 22.0. The van der Waals surface area contributed by atoms with Gasteiger partial charge in [-0.15, -0.1) is 0 Å². The van der Waals surface area contributed by atoms with Gasteiger partial charge in [0.05, 0.1) is 37.2 Å². The van der Waals surface area contributed by atoms with E-state index >= 15 is 0 Å². The maximum atomic E-state index is 6.08. The SMILES string of the molecule is COc1cccc2c1[P@](C)C(C1N(c3ccccc3)c3cccc(OC)c3[P@]1C(C)(C)C)N2c1ccccc1. The number of ether oxygens (including phenoxy) is 2. The van der Waals surface area contributed by atoms with E-state index in [1.807, 2.05) is 7.11 Å². The Kier molecular flexibility index (Phi) is 6.82. The predicted octanol–water partition coefficient (Wildman–Crippen LogP) is 8.00. The number of fused-ring (bicyclic) bond motifs is 2. The number of rotatable bonds is 5. The average molecular weight is 555 g/mol. The molecule has 0 aliphatic carbocycles.